The molecular weight excluding hydrogens is 400 g/mol. The van der Waals surface area contributed by atoms with E-state index in [1.165, 1.54) is 14.7 Å². The lowest BCUT2D eigenvalue weighted by atomic mass is 9.86. The zero-order valence-corrected chi connectivity index (χ0v) is 18.8. The molecule has 31 heavy (non-hydrogen) atoms. The van der Waals surface area contributed by atoms with Gasteiger partial charge >= 0.3 is 0 Å². The van der Waals surface area contributed by atoms with Gasteiger partial charge in [0.05, 0.1) is 22.1 Å². The van der Waals surface area contributed by atoms with Crippen molar-refractivity contribution < 1.29 is 10.2 Å². The van der Waals surface area contributed by atoms with Crippen molar-refractivity contribution in [1.29, 1.82) is 0 Å². The third kappa shape index (κ3) is 4.07. The summed E-state index contributed by atoms with van der Waals surface area (Å²) in [7, 11) is -0.294. The van der Waals surface area contributed by atoms with E-state index in [1.54, 1.807) is 0 Å². The average molecular weight is 432 g/mol. The first-order valence-corrected chi connectivity index (χ1v) is 12.8. The highest BCUT2D eigenvalue weighted by Gasteiger charge is 2.40. The highest BCUT2D eigenvalue weighted by Crippen LogP contribution is 2.45. The maximum Gasteiger partial charge on any atom is 0.167 e. The van der Waals surface area contributed by atoms with Gasteiger partial charge in [0.2, 0.25) is 0 Å². The summed E-state index contributed by atoms with van der Waals surface area (Å²) in [6, 6.07) is 27.8. The van der Waals surface area contributed by atoms with Crippen molar-refractivity contribution in [2.45, 2.75) is 77.3 Å². The van der Waals surface area contributed by atoms with E-state index in [1.807, 2.05) is 0 Å². The summed E-state index contributed by atoms with van der Waals surface area (Å²) in [5.74, 6) is 0. The molecule has 160 valence electrons. The van der Waals surface area contributed by atoms with E-state index < -0.39 is 11.2 Å². The fourth-order valence-corrected chi connectivity index (χ4v) is 7.44. The Balaban J connectivity index is 1.70. The van der Waals surface area contributed by atoms with E-state index in [9.17, 15) is 10.2 Å². The Labute approximate surface area is 188 Å². The molecule has 0 spiro atoms. The minimum Gasteiger partial charge on any atom is -0.385 e. The fourth-order valence-electron chi connectivity index (χ4n) is 5.27. The van der Waals surface area contributed by atoms with Gasteiger partial charge in [0.1, 0.15) is 0 Å². The maximum absolute atomic E-state index is 11.5. The minimum atomic E-state index is -0.776. The van der Waals surface area contributed by atoms with Gasteiger partial charge in [-0.3, -0.25) is 0 Å². The molecule has 2 N–H and O–H groups in total. The lowest BCUT2D eigenvalue weighted by Gasteiger charge is -2.28. The van der Waals surface area contributed by atoms with Crippen LogP contribution < -0.4 is 0 Å². The van der Waals surface area contributed by atoms with Gasteiger partial charge in [0.15, 0.2) is 14.7 Å². The maximum atomic E-state index is 11.5. The second-order valence-corrected chi connectivity index (χ2v) is 11.2. The van der Waals surface area contributed by atoms with Crippen molar-refractivity contribution >= 4 is 10.9 Å². The molecule has 5 rings (SSSR count). The molecule has 0 aliphatic heterocycles. The molecule has 3 aromatic rings. The van der Waals surface area contributed by atoms with Crippen molar-refractivity contribution in [2.75, 3.05) is 0 Å². The SMILES string of the molecule is OC1(c2cc([S+](c3ccccc3)c3ccccc3)cc(C3(O)CCCC3)c2)CCCC1. The van der Waals surface area contributed by atoms with Crippen LogP contribution in [-0.2, 0) is 22.1 Å². The predicted molar refractivity (Wildman–Crippen MR) is 126 cm³/mol. The molecule has 0 atom stereocenters. The van der Waals surface area contributed by atoms with Crippen LogP contribution in [-0.4, -0.2) is 10.2 Å². The average Bonchev–Trinajstić information content (AvgIpc) is 3.45. The summed E-state index contributed by atoms with van der Waals surface area (Å²) in [6.45, 7) is 0. The summed E-state index contributed by atoms with van der Waals surface area (Å²) in [5.41, 5.74) is 0.425. The topological polar surface area (TPSA) is 40.5 Å². The molecule has 3 heteroatoms. The first kappa shape index (κ1) is 20.8. The van der Waals surface area contributed by atoms with Crippen LogP contribution in [0, 0.1) is 0 Å². The molecule has 2 saturated carbocycles. The summed E-state index contributed by atoms with van der Waals surface area (Å²) in [6.07, 6.45) is 7.45. The third-order valence-corrected chi connectivity index (χ3v) is 9.23. The lowest BCUT2D eigenvalue weighted by molar-refractivity contribution is 0.0373. The molecule has 0 aromatic heterocycles. The third-order valence-electron chi connectivity index (χ3n) is 7.04. The number of benzene rings is 3. The Morgan fingerprint density at radius 2 is 0.903 bits per heavy atom. The molecule has 0 saturated heterocycles. The van der Waals surface area contributed by atoms with Crippen LogP contribution in [0.2, 0.25) is 0 Å². The van der Waals surface area contributed by atoms with Crippen LogP contribution in [0.25, 0.3) is 0 Å². The van der Waals surface area contributed by atoms with Gasteiger partial charge in [-0.2, -0.15) is 0 Å². The van der Waals surface area contributed by atoms with Crippen molar-refractivity contribution in [3.05, 3.63) is 90.0 Å². The fraction of sp³-hybridized carbons (Fsp3) is 0.357. The lowest BCUT2D eigenvalue weighted by Crippen LogP contribution is -2.26. The van der Waals surface area contributed by atoms with Crippen LogP contribution in [0.4, 0.5) is 0 Å². The number of rotatable bonds is 5. The Bertz CT molecular complexity index is 940. The summed E-state index contributed by atoms with van der Waals surface area (Å²) >= 11 is 0. The standard InChI is InChI=1S/C28H31O2S/c29-27(15-7-8-16-27)22-19-23(28(30)17-9-10-18-28)21-26(20-22)31(24-11-3-1-4-12-24)25-13-5-2-6-14-25/h1-6,11-14,19-21,29-30H,7-10,15-18H2/q+1. The first-order valence-electron chi connectivity index (χ1n) is 11.5. The van der Waals surface area contributed by atoms with E-state index in [0.29, 0.717) is 0 Å². The van der Waals surface area contributed by atoms with Crippen molar-refractivity contribution in [3.8, 4) is 0 Å². The summed E-state index contributed by atoms with van der Waals surface area (Å²) < 4.78 is 0. The van der Waals surface area contributed by atoms with E-state index in [4.69, 9.17) is 0 Å². The van der Waals surface area contributed by atoms with Crippen molar-refractivity contribution in [1.82, 2.24) is 0 Å². The second-order valence-electron chi connectivity index (χ2n) is 9.16. The van der Waals surface area contributed by atoms with Crippen LogP contribution in [0.15, 0.2) is 93.5 Å². The van der Waals surface area contributed by atoms with Gasteiger partial charge in [0, 0.05) is 12.1 Å². The minimum absolute atomic E-state index is 0.294. The van der Waals surface area contributed by atoms with E-state index in [2.05, 4.69) is 78.9 Å². The largest absolute Gasteiger partial charge is 0.385 e. The quantitative estimate of drug-likeness (QED) is 0.465. The number of hydrogen-bond donors (Lipinski definition) is 2. The van der Waals surface area contributed by atoms with Crippen molar-refractivity contribution in [3.63, 3.8) is 0 Å². The smallest absolute Gasteiger partial charge is 0.167 e. The summed E-state index contributed by atoms with van der Waals surface area (Å²) in [4.78, 5) is 3.70. The van der Waals surface area contributed by atoms with Gasteiger partial charge in [-0.15, -0.1) is 0 Å². The molecule has 0 amide bonds. The van der Waals surface area contributed by atoms with Gasteiger partial charge in [-0.05, 0) is 67.1 Å². The highest BCUT2D eigenvalue weighted by molar-refractivity contribution is 7.97. The molecule has 2 aliphatic rings. The Hall–Kier alpha value is -2.07. The second kappa shape index (κ2) is 8.46. The number of aliphatic hydroxyl groups is 2. The van der Waals surface area contributed by atoms with Crippen LogP contribution in [0.1, 0.15) is 62.5 Å². The van der Waals surface area contributed by atoms with Gasteiger partial charge in [-0.25, -0.2) is 0 Å². The van der Waals surface area contributed by atoms with Crippen LogP contribution in [0.5, 0.6) is 0 Å². The predicted octanol–water partition coefficient (Wildman–Crippen LogP) is 6.31. The van der Waals surface area contributed by atoms with Crippen LogP contribution in [0.3, 0.4) is 0 Å². The molecule has 0 heterocycles. The highest BCUT2D eigenvalue weighted by atomic mass is 32.2. The molecule has 0 bridgehead atoms. The zero-order valence-electron chi connectivity index (χ0n) is 18.0. The van der Waals surface area contributed by atoms with E-state index in [0.717, 1.165) is 62.5 Å². The molecule has 0 radical (unpaired) electrons. The molecule has 2 fully saturated rings. The Morgan fingerprint density at radius 1 is 0.516 bits per heavy atom. The normalized spacial score (nSPS) is 19.7. The Kier molecular flexibility index (Phi) is 5.68. The summed E-state index contributed by atoms with van der Waals surface area (Å²) in [5, 5.41) is 23.0. The molecule has 2 nitrogen and oxygen atoms in total. The van der Waals surface area contributed by atoms with E-state index >= 15 is 0 Å². The van der Waals surface area contributed by atoms with Gasteiger partial charge in [-0.1, -0.05) is 62.1 Å². The Morgan fingerprint density at radius 3 is 1.29 bits per heavy atom. The van der Waals surface area contributed by atoms with Gasteiger partial charge < -0.3 is 10.2 Å². The molecule has 3 aromatic carbocycles. The van der Waals surface area contributed by atoms with Crippen LogP contribution >= 0.6 is 0 Å². The van der Waals surface area contributed by atoms with E-state index in [-0.39, 0.29) is 10.9 Å². The molecular formula is C28H31O2S+. The van der Waals surface area contributed by atoms with Crippen molar-refractivity contribution in [2.24, 2.45) is 0 Å². The van der Waals surface area contributed by atoms with Gasteiger partial charge in [0.25, 0.3) is 0 Å². The monoisotopic (exact) mass is 431 g/mol. The zero-order chi connectivity index (χ0) is 21.3. The molecule has 0 unspecified atom stereocenters. The molecule has 2 aliphatic carbocycles. The number of hydrogen-bond acceptors (Lipinski definition) is 2. The first-order chi connectivity index (χ1) is 15.1.